The zero-order valence-corrected chi connectivity index (χ0v) is 10.5. The van der Waals surface area contributed by atoms with Crippen LogP contribution in [0.25, 0.3) is 0 Å². The van der Waals surface area contributed by atoms with Crippen LogP contribution in [0.4, 0.5) is 0 Å². The smallest absolute Gasteiger partial charge is 0.322 e. The van der Waals surface area contributed by atoms with E-state index in [0.29, 0.717) is 13.0 Å². The molecular weight excluding hydrogens is 224 g/mol. The highest BCUT2D eigenvalue weighted by molar-refractivity contribution is 5.82. The van der Waals surface area contributed by atoms with Crippen LogP contribution in [0.2, 0.25) is 0 Å². The first-order valence-electron chi connectivity index (χ1n) is 5.50. The molecule has 0 aromatic rings. The number of hydrogen-bond acceptors (Lipinski definition) is 3. The quantitative estimate of drug-likeness (QED) is 0.579. The molecular formula is C11H20N2O4. The van der Waals surface area contributed by atoms with Crippen molar-refractivity contribution >= 4 is 17.8 Å². The SMILES string of the molecule is CC(C)(C)C(=O)NCCCC(=O)NCC(=O)O. The van der Waals surface area contributed by atoms with Gasteiger partial charge in [-0.15, -0.1) is 0 Å². The van der Waals surface area contributed by atoms with Gasteiger partial charge in [-0.2, -0.15) is 0 Å². The van der Waals surface area contributed by atoms with Crippen LogP contribution in [0, 0.1) is 5.41 Å². The molecule has 0 fully saturated rings. The second kappa shape index (κ2) is 6.88. The van der Waals surface area contributed by atoms with Gasteiger partial charge in [0.1, 0.15) is 6.54 Å². The lowest BCUT2D eigenvalue weighted by molar-refractivity contribution is -0.137. The Morgan fingerprint density at radius 3 is 2.18 bits per heavy atom. The van der Waals surface area contributed by atoms with Crippen LogP contribution in [0.15, 0.2) is 0 Å². The van der Waals surface area contributed by atoms with Crippen LogP contribution in [0.5, 0.6) is 0 Å². The van der Waals surface area contributed by atoms with E-state index in [9.17, 15) is 14.4 Å². The van der Waals surface area contributed by atoms with Crippen molar-refractivity contribution in [1.82, 2.24) is 10.6 Å². The minimum atomic E-state index is -1.07. The Kier molecular flexibility index (Phi) is 6.23. The molecule has 0 aromatic heterocycles. The Bertz CT molecular complexity index is 294. The number of amides is 2. The molecule has 2 amide bonds. The molecule has 0 aliphatic carbocycles. The van der Waals surface area contributed by atoms with Crippen molar-refractivity contribution in [3.8, 4) is 0 Å². The van der Waals surface area contributed by atoms with E-state index in [1.54, 1.807) is 0 Å². The van der Waals surface area contributed by atoms with Crippen LogP contribution in [-0.4, -0.2) is 36.0 Å². The van der Waals surface area contributed by atoms with Gasteiger partial charge in [0.15, 0.2) is 0 Å². The normalized spacial score (nSPS) is 10.8. The average Bonchev–Trinajstić information content (AvgIpc) is 2.19. The maximum Gasteiger partial charge on any atom is 0.322 e. The van der Waals surface area contributed by atoms with Gasteiger partial charge < -0.3 is 15.7 Å². The minimum Gasteiger partial charge on any atom is -0.480 e. The first-order chi connectivity index (χ1) is 7.73. The Morgan fingerprint density at radius 1 is 1.12 bits per heavy atom. The molecule has 0 rings (SSSR count). The van der Waals surface area contributed by atoms with Crippen LogP contribution in [-0.2, 0) is 14.4 Å². The second-order valence-electron chi connectivity index (χ2n) is 4.78. The van der Waals surface area contributed by atoms with E-state index in [2.05, 4.69) is 10.6 Å². The summed E-state index contributed by atoms with van der Waals surface area (Å²) in [6, 6.07) is 0. The molecule has 0 bridgehead atoms. The lowest BCUT2D eigenvalue weighted by Gasteiger charge is -2.17. The lowest BCUT2D eigenvalue weighted by atomic mass is 9.96. The van der Waals surface area contributed by atoms with Gasteiger partial charge in [0.25, 0.3) is 0 Å². The summed E-state index contributed by atoms with van der Waals surface area (Å²) in [5.41, 5.74) is -0.439. The summed E-state index contributed by atoms with van der Waals surface area (Å²) in [5.74, 6) is -1.46. The third-order valence-corrected chi connectivity index (χ3v) is 1.98. The maximum absolute atomic E-state index is 11.4. The minimum absolute atomic E-state index is 0.0663. The van der Waals surface area contributed by atoms with Crippen molar-refractivity contribution in [2.75, 3.05) is 13.1 Å². The maximum atomic E-state index is 11.4. The molecule has 0 saturated carbocycles. The fourth-order valence-corrected chi connectivity index (χ4v) is 0.979. The van der Waals surface area contributed by atoms with Crippen molar-refractivity contribution in [2.24, 2.45) is 5.41 Å². The molecule has 0 heterocycles. The van der Waals surface area contributed by atoms with Gasteiger partial charge in [-0.05, 0) is 6.42 Å². The topological polar surface area (TPSA) is 95.5 Å². The first kappa shape index (κ1) is 15.4. The van der Waals surface area contributed by atoms with E-state index in [-0.39, 0.29) is 24.8 Å². The number of carbonyl (C=O) groups is 3. The zero-order valence-electron chi connectivity index (χ0n) is 10.5. The molecule has 0 atom stereocenters. The van der Waals surface area contributed by atoms with E-state index in [0.717, 1.165) is 0 Å². The predicted octanol–water partition coefficient (Wildman–Crippen LogP) is 0.130. The van der Waals surface area contributed by atoms with E-state index >= 15 is 0 Å². The fourth-order valence-electron chi connectivity index (χ4n) is 0.979. The molecule has 0 spiro atoms. The summed E-state index contributed by atoms with van der Waals surface area (Å²) in [7, 11) is 0. The summed E-state index contributed by atoms with van der Waals surface area (Å²) in [6.45, 7) is 5.47. The first-order valence-corrected chi connectivity index (χ1v) is 5.50. The summed E-state index contributed by atoms with van der Waals surface area (Å²) in [4.78, 5) is 32.7. The van der Waals surface area contributed by atoms with Crippen molar-refractivity contribution in [2.45, 2.75) is 33.6 Å². The van der Waals surface area contributed by atoms with Gasteiger partial charge in [-0.1, -0.05) is 20.8 Å². The Morgan fingerprint density at radius 2 is 1.71 bits per heavy atom. The number of carbonyl (C=O) groups excluding carboxylic acids is 2. The van der Waals surface area contributed by atoms with Gasteiger partial charge in [0.05, 0.1) is 0 Å². The third kappa shape index (κ3) is 8.24. The molecule has 17 heavy (non-hydrogen) atoms. The average molecular weight is 244 g/mol. The van der Waals surface area contributed by atoms with Gasteiger partial charge in [0.2, 0.25) is 11.8 Å². The van der Waals surface area contributed by atoms with E-state index in [1.165, 1.54) is 0 Å². The van der Waals surface area contributed by atoms with Crippen molar-refractivity contribution in [3.63, 3.8) is 0 Å². The monoisotopic (exact) mass is 244 g/mol. The van der Waals surface area contributed by atoms with Crippen molar-refractivity contribution in [1.29, 1.82) is 0 Å². The van der Waals surface area contributed by atoms with Gasteiger partial charge in [-0.25, -0.2) is 0 Å². The van der Waals surface area contributed by atoms with Crippen LogP contribution < -0.4 is 10.6 Å². The molecule has 0 aromatic carbocycles. The molecule has 0 radical (unpaired) electrons. The van der Waals surface area contributed by atoms with Gasteiger partial charge in [0, 0.05) is 18.4 Å². The number of nitrogens with one attached hydrogen (secondary N) is 2. The predicted molar refractivity (Wildman–Crippen MR) is 62.3 cm³/mol. The largest absolute Gasteiger partial charge is 0.480 e. The van der Waals surface area contributed by atoms with Crippen LogP contribution >= 0.6 is 0 Å². The van der Waals surface area contributed by atoms with Crippen molar-refractivity contribution < 1.29 is 19.5 Å². The molecule has 0 aliphatic rings. The highest BCUT2D eigenvalue weighted by Crippen LogP contribution is 2.12. The fraction of sp³-hybridized carbons (Fsp3) is 0.727. The van der Waals surface area contributed by atoms with E-state index in [1.807, 2.05) is 20.8 Å². The van der Waals surface area contributed by atoms with Gasteiger partial charge in [-0.3, -0.25) is 14.4 Å². The number of carboxylic acid groups (broad SMARTS) is 1. The summed E-state index contributed by atoms with van der Waals surface area (Å²) in [6.07, 6.45) is 0.699. The number of rotatable bonds is 6. The standard InChI is InChI=1S/C11H20N2O4/c1-11(2,3)10(17)12-6-4-5-8(14)13-7-9(15)16/h4-7H2,1-3H3,(H,12,17)(H,13,14)(H,15,16). The summed E-state index contributed by atoms with van der Waals surface area (Å²) < 4.78 is 0. The van der Waals surface area contributed by atoms with E-state index < -0.39 is 11.4 Å². The Hall–Kier alpha value is -1.59. The zero-order chi connectivity index (χ0) is 13.5. The van der Waals surface area contributed by atoms with Crippen LogP contribution in [0.3, 0.4) is 0 Å². The van der Waals surface area contributed by atoms with E-state index in [4.69, 9.17) is 5.11 Å². The molecule has 3 N–H and O–H groups in total. The molecule has 0 saturated heterocycles. The lowest BCUT2D eigenvalue weighted by Crippen LogP contribution is -2.36. The van der Waals surface area contributed by atoms with Crippen LogP contribution in [0.1, 0.15) is 33.6 Å². The second-order valence-corrected chi connectivity index (χ2v) is 4.78. The molecule has 98 valence electrons. The third-order valence-electron chi connectivity index (χ3n) is 1.98. The summed E-state index contributed by atoms with van der Waals surface area (Å²) in [5, 5.41) is 13.3. The molecule has 0 unspecified atom stereocenters. The number of carboxylic acids is 1. The highest BCUT2D eigenvalue weighted by atomic mass is 16.4. The van der Waals surface area contributed by atoms with Gasteiger partial charge >= 0.3 is 5.97 Å². The molecule has 6 heteroatoms. The Labute approximate surface area is 101 Å². The highest BCUT2D eigenvalue weighted by Gasteiger charge is 2.20. The number of aliphatic carboxylic acids is 1. The molecule has 0 aliphatic heterocycles. The van der Waals surface area contributed by atoms with Crippen molar-refractivity contribution in [3.05, 3.63) is 0 Å². The Balaban J connectivity index is 3.62. The molecule has 6 nitrogen and oxygen atoms in total. The number of hydrogen-bond donors (Lipinski definition) is 3. The summed E-state index contributed by atoms with van der Waals surface area (Å²) >= 11 is 0.